The van der Waals surface area contributed by atoms with Gasteiger partial charge in [-0.15, -0.1) is 13.2 Å². The van der Waals surface area contributed by atoms with E-state index in [0.717, 1.165) is 55.2 Å². The molecule has 49 heavy (non-hydrogen) atoms. The lowest BCUT2D eigenvalue weighted by molar-refractivity contribution is -0.274. The van der Waals surface area contributed by atoms with E-state index < -0.39 is 6.36 Å². The van der Waals surface area contributed by atoms with Gasteiger partial charge >= 0.3 is 6.36 Å². The van der Waals surface area contributed by atoms with E-state index in [1.54, 1.807) is 12.3 Å². The molecule has 256 valence electrons. The monoisotopic (exact) mass is 675 g/mol. The highest BCUT2D eigenvalue weighted by atomic mass is 19.4. The van der Waals surface area contributed by atoms with Crippen LogP contribution < -0.4 is 30.3 Å². The molecule has 0 spiro atoms. The van der Waals surface area contributed by atoms with Crippen LogP contribution in [0.15, 0.2) is 79.3 Å². The molecule has 2 amide bonds. The van der Waals surface area contributed by atoms with Gasteiger partial charge in [-0.25, -0.2) is 15.0 Å². The summed E-state index contributed by atoms with van der Waals surface area (Å²) in [5.41, 5.74) is 2.98. The highest BCUT2D eigenvalue weighted by molar-refractivity contribution is 6.01. The third kappa shape index (κ3) is 9.44. The van der Waals surface area contributed by atoms with Crippen molar-refractivity contribution in [2.24, 2.45) is 5.92 Å². The summed E-state index contributed by atoms with van der Waals surface area (Å²) in [6, 6.07) is 18.6. The van der Waals surface area contributed by atoms with Crippen LogP contribution in [0.5, 0.6) is 11.5 Å². The topological polar surface area (TPSA) is 131 Å². The number of piperidine rings is 2. The van der Waals surface area contributed by atoms with Crippen LogP contribution >= 0.6 is 0 Å². The number of pyridine rings is 1. The standard InChI is InChI=1S/C35H36F3N7O4/c36-35(37,38)49-28-7-3-26(4-8-28)43-31-20-30(41-22-42-31)24-1-5-27(6-2-24)48-18-15-39-21-23-12-16-45(17-13-23)32-19-25(11-14-40-32)29-9-10-33(46)44-34(29)47/h1-8,11,14,19-20,22-23,29,39H,9-10,12-13,15-18,21H2,(H,41,42,43)(H,44,46,47). The van der Waals surface area contributed by atoms with Gasteiger partial charge in [-0.1, -0.05) is 0 Å². The number of rotatable bonds is 12. The average molecular weight is 676 g/mol. The summed E-state index contributed by atoms with van der Waals surface area (Å²) in [7, 11) is 0. The van der Waals surface area contributed by atoms with Gasteiger partial charge < -0.3 is 25.0 Å². The van der Waals surface area contributed by atoms with Crippen molar-refractivity contribution in [1.82, 2.24) is 25.6 Å². The molecule has 4 heterocycles. The lowest BCUT2D eigenvalue weighted by Crippen LogP contribution is -2.40. The second kappa shape index (κ2) is 15.3. The maximum atomic E-state index is 12.4. The molecule has 0 radical (unpaired) electrons. The Morgan fingerprint density at radius 2 is 1.65 bits per heavy atom. The SMILES string of the molecule is O=C1CCC(c2ccnc(N3CCC(CNCCOc4ccc(-c5cc(Nc6ccc(OC(F)(F)F)cc6)ncn5)cc4)CC3)c2)C(=O)N1. The van der Waals surface area contributed by atoms with Crippen LogP contribution in [0.4, 0.5) is 30.5 Å². The summed E-state index contributed by atoms with van der Waals surface area (Å²) in [6.45, 7) is 3.90. The minimum atomic E-state index is -4.74. The van der Waals surface area contributed by atoms with Crippen molar-refractivity contribution in [1.29, 1.82) is 0 Å². The summed E-state index contributed by atoms with van der Waals surface area (Å²) in [5.74, 6) is 1.58. The Hall–Kier alpha value is -5.24. The number of nitrogens with zero attached hydrogens (tertiary/aromatic N) is 4. The highest BCUT2D eigenvalue weighted by Gasteiger charge is 2.31. The van der Waals surface area contributed by atoms with E-state index in [-0.39, 0.29) is 23.5 Å². The maximum Gasteiger partial charge on any atom is 0.573 e. The number of alkyl halides is 3. The zero-order chi connectivity index (χ0) is 34.2. The number of carbonyl (C=O) groups is 2. The summed E-state index contributed by atoms with van der Waals surface area (Å²) in [6.07, 6.45) is 1.35. The molecule has 0 saturated carbocycles. The first kappa shape index (κ1) is 33.7. The molecular weight excluding hydrogens is 639 g/mol. The molecule has 2 aromatic carbocycles. The number of anilines is 3. The van der Waals surface area contributed by atoms with Crippen LogP contribution in [0.2, 0.25) is 0 Å². The number of hydrogen-bond acceptors (Lipinski definition) is 10. The number of amides is 2. The normalized spacial score (nSPS) is 17.0. The van der Waals surface area contributed by atoms with Crippen molar-refractivity contribution in [2.75, 3.05) is 43.0 Å². The molecule has 11 nitrogen and oxygen atoms in total. The van der Waals surface area contributed by atoms with Crippen molar-refractivity contribution >= 4 is 29.1 Å². The van der Waals surface area contributed by atoms with Gasteiger partial charge in [-0.3, -0.25) is 14.9 Å². The van der Waals surface area contributed by atoms with E-state index in [1.165, 1.54) is 30.6 Å². The van der Waals surface area contributed by atoms with Crippen LogP contribution in [-0.4, -0.2) is 65.9 Å². The fourth-order valence-electron chi connectivity index (χ4n) is 5.94. The molecule has 1 atom stereocenters. The molecule has 4 aromatic rings. The molecular formula is C35H36F3N7O4. The third-order valence-electron chi connectivity index (χ3n) is 8.51. The molecule has 0 aliphatic carbocycles. The van der Waals surface area contributed by atoms with Crippen molar-refractivity contribution in [3.8, 4) is 22.8 Å². The van der Waals surface area contributed by atoms with Crippen molar-refractivity contribution in [3.63, 3.8) is 0 Å². The number of nitrogens with one attached hydrogen (secondary N) is 3. The number of imide groups is 1. The molecule has 14 heteroatoms. The van der Waals surface area contributed by atoms with E-state index in [2.05, 4.69) is 40.5 Å². The van der Waals surface area contributed by atoms with Gasteiger partial charge in [0, 0.05) is 49.6 Å². The van der Waals surface area contributed by atoms with Gasteiger partial charge in [0.05, 0.1) is 11.6 Å². The second-order valence-electron chi connectivity index (χ2n) is 11.9. The van der Waals surface area contributed by atoms with Crippen LogP contribution in [-0.2, 0) is 9.59 Å². The van der Waals surface area contributed by atoms with Crippen LogP contribution in [0.1, 0.15) is 37.2 Å². The predicted molar refractivity (Wildman–Crippen MR) is 177 cm³/mol. The number of hydrogen-bond donors (Lipinski definition) is 3. The average Bonchev–Trinajstić information content (AvgIpc) is 3.09. The number of benzene rings is 2. The lowest BCUT2D eigenvalue weighted by Gasteiger charge is -2.33. The van der Waals surface area contributed by atoms with E-state index in [1.807, 2.05) is 36.4 Å². The molecule has 6 rings (SSSR count). The van der Waals surface area contributed by atoms with Crippen LogP contribution in [0.3, 0.4) is 0 Å². The summed E-state index contributed by atoms with van der Waals surface area (Å²) in [4.78, 5) is 39.2. The minimum absolute atomic E-state index is 0.213. The van der Waals surface area contributed by atoms with E-state index in [4.69, 9.17) is 4.74 Å². The number of carbonyl (C=O) groups excluding carboxylic acids is 2. The maximum absolute atomic E-state index is 12.4. The number of ether oxygens (including phenoxy) is 2. The Balaban J connectivity index is 0.901. The fraction of sp³-hybridized carbons (Fsp3) is 0.343. The molecule has 2 fully saturated rings. The van der Waals surface area contributed by atoms with Crippen LogP contribution in [0.25, 0.3) is 11.3 Å². The number of halogens is 3. The molecule has 2 aliphatic heterocycles. The minimum Gasteiger partial charge on any atom is -0.492 e. The summed E-state index contributed by atoms with van der Waals surface area (Å²) in [5, 5.41) is 9.00. The smallest absolute Gasteiger partial charge is 0.492 e. The van der Waals surface area contributed by atoms with Gasteiger partial charge in [0.1, 0.15) is 36.1 Å². The van der Waals surface area contributed by atoms with Gasteiger partial charge in [0.15, 0.2) is 0 Å². The Morgan fingerprint density at radius 3 is 2.39 bits per heavy atom. The van der Waals surface area contributed by atoms with E-state index in [9.17, 15) is 22.8 Å². The third-order valence-corrected chi connectivity index (χ3v) is 8.51. The Morgan fingerprint density at radius 1 is 0.898 bits per heavy atom. The predicted octanol–water partition coefficient (Wildman–Crippen LogP) is 5.59. The Kier molecular flexibility index (Phi) is 10.5. The van der Waals surface area contributed by atoms with Crippen molar-refractivity contribution < 1.29 is 32.2 Å². The number of aromatic nitrogens is 3. The molecule has 2 aromatic heterocycles. The quantitative estimate of drug-likeness (QED) is 0.129. The lowest BCUT2D eigenvalue weighted by atomic mass is 9.91. The molecule has 1 unspecified atom stereocenters. The van der Waals surface area contributed by atoms with E-state index in [0.29, 0.717) is 49.1 Å². The van der Waals surface area contributed by atoms with Crippen molar-refractivity contribution in [2.45, 2.75) is 38.0 Å². The summed E-state index contributed by atoms with van der Waals surface area (Å²) < 4.78 is 47.1. The van der Waals surface area contributed by atoms with Gasteiger partial charge in [0.25, 0.3) is 0 Å². The highest BCUT2D eigenvalue weighted by Crippen LogP contribution is 2.29. The fourth-order valence-corrected chi connectivity index (χ4v) is 5.94. The zero-order valence-corrected chi connectivity index (χ0v) is 26.6. The van der Waals surface area contributed by atoms with Gasteiger partial charge in [-0.05, 0) is 98.0 Å². The molecule has 2 saturated heterocycles. The van der Waals surface area contributed by atoms with Gasteiger partial charge in [0.2, 0.25) is 11.8 Å². The largest absolute Gasteiger partial charge is 0.573 e. The first-order valence-electron chi connectivity index (χ1n) is 16.1. The Labute approximate surface area is 281 Å². The molecule has 2 aliphatic rings. The van der Waals surface area contributed by atoms with Crippen molar-refractivity contribution in [3.05, 3.63) is 84.8 Å². The first-order valence-corrected chi connectivity index (χ1v) is 16.1. The first-order chi connectivity index (χ1) is 23.7. The Bertz CT molecular complexity index is 1730. The molecule has 0 bridgehead atoms. The second-order valence-corrected chi connectivity index (χ2v) is 11.9. The van der Waals surface area contributed by atoms with E-state index >= 15 is 0 Å². The summed E-state index contributed by atoms with van der Waals surface area (Å²) >= 11 is 0. The zero-order valence-electron chi connectivity index (χ0n) is 26.6. The van der Waals surface area contributed by atoms with Crippen LogP contribution in [0, 0.1) is 5.92 Å². The molecule has 3 N–H and O–H groups in total. The van der Waals surface area contributed by atoms with Gasteiger partial charge in [-0.2, -0.15) is 0 Å².